The SMILES string of the molecule is CC(C)C[C@H](NN)C(=O)CC(=O)[C@H](C)NCN[C@@H](CO)C(=O)O. The van der Waals surface area contributed by atoms with Crippen molar-refractivity contribution >= 4 is 17.5 Å². The molecule has 0 aliphatic rings. The van der Waals surface area contributed by atoms with E-state index in [-0.39, 0.29) is 30.6 Å². The van der Waals surface area contributed by atoms with Gasteiger partial charge in [0.05, 0.1) is 25.1 Å². The quantitative estimate of drug-likeness (QED) is 0.101. The van der Waals surface area contributed by atoms with Gasteiger partial charge in [-0.15, -0.1) is 0 Å². The summed E-state index contributed by atoms with van der Waals surface area (Å²) in [5, 5.41) is 22.9. The second-order valence-electron chi connectivity index (χ2n) is 5.84. The Balaban J connectivity index is 4.28. The van der Waals surface area contributed by atoms with Gasteiger partial charge in [0.2, 0.25) is 0 Å². The van der Waals surface area contributed by atoms with E-state index in [4.69, 9.17) is 16.1 Å². The van der Waals surface area contributed by atoms with Gasteiger partial charge < -0.3 is 10.2 Å². The average molecular weight is 332 g/mol. The maximum atomic E-state index is 12.0. The molecule has 3 atom stereocenters. The molecule has 0 fully saturated rings. The number of nitrogens with two attached hydrogens (primary N) is 1. The normalized spacial score (nSPS) is 15.2. The Kier molecular flexibility index (Phi) is 10.5. The number of aliphatic hydroxyl groups is 1. The summed E-state index contributed by atoms with van der Waals surface area (Å²) in [6, 6.07) is -2.30. The number of hydrazine groups is 1. The molecule has 0 bridgehead atoms. The van der Waals surface area contributed by atoms with E-state index < -0.39 is 30.7 Å². The van der Waals surface area contributed by atoms with Crippen LogP contribution in [0.1, 0.15) is 33.6 Å². The first kappa shape index (κ1) is 21.6. The molecular weight excluding hydrogens is 304 g/mol. The van der Waals surface area contributed by atoms with Crippen molar-refractivity contribution in [2.45, 2.75) is 51.7 Å². The van der Waals surface area contributed by atoms with Crippen LogP contribution >= 0.6 is 0 Å². The maximum Gasteiger partial charge on any atom is 0.323 e. The van der Waals surface area contributed by atoms with Gasteiger partial charge in [0.15, 0.2) is 11.6 Å². The third-order valence-electron chi connectivity index (χ3n) is 3.37. The fraction of sp³-hybridized carbons (Fsp3) is 0.786. The molecule has 0 heterocycles. The molecule has 0 rings (SSSR count). The predicted octanol–water partition coefficient (Wildman–Crippen LogP) is -1.64. The van der Waals surface area contributed by atoms with Gasteiger partial charge in [0, 0.05) is 6.67 Å². The fourth-order valence-electron chi connectivity index (χ4n) is 1.89. The van der Waals surface area contributed by atoms with Gasteiger partial charge in [-0.1, -0.05) is 13.8 Å². The summed E-state index contributed by atoms with van der Waals surface area (Å²) in [6.45, 7) is 4.95. The van der Waals surface area contributed by atoms with Crippen molar-refractivity contribution in [2.75, 3.05) is 13.3 Å². The van der Waals surface area contributed by atoms with Gasteiger partial charge in [0.25, 0.3) is 0 Å². The molecule has 9 heteroatoms. The highest BCUT2D eigenvalue weighted by molar-refractivity contribution is 6.03. The molecular formula is C14H28N4O5. The predicted molar refractivity (Wildman–Crippen MR) is 84.3 cm³/mol. The Morgan fingerprint density at radius 3 is 2.09 bits per heavy atom. The number of ketones is 2. The summed E-state index contributed by atoms with van der Waals surface area (Å²) in [5.41, 5.74) is 2.43. The lowest BCUT2D eigenvalue weighted by Crippen LogP contribution is -2.49. The molecule has 0 radical (unpaired) electrons. The monoisotopic (exact) mass is 332 g/mol. The Morgan fingerprint density at radius 1 is 1.04 bits per heavy atom. The molecule has 0 aliphatic carbocycles. The van der Waals surface area contributed by atoms with Crippen LogP contribution in [-0.2, 0) is 14.4 Å². The molecule has 0 spiro atoms. The van der Waals surface area contributed by atoms with Crippen LogP contribution in [0.5, 0.6) is 0 Å². The van der Waals surface area contributed by atoms with E-state index in [1.165, 1.54) is 0 Å². The first-order valence-corrected chi connectivity index (χ1v) is 7.54. The van der Waals surface area contributed by atoms with E-state index in [2.05, 4.69) is 16.1 Å². The molecule has 0 aromatic carbocycles. The van der Waals surface area contributed by atoms with Crippen molar-refractivity contribution in [3.8, 4) is 0 Å². The number of rotatable bonds is 13. The summed E-state index contributed by atoms with van der Waals surface area (Å²) in [7, 11) is 0. The van der Waals surface area contributed by atoms with E-state index >= 15 is 0 Å². The minimum absolute atomic E-state index is 0.0170. The number of Topliss-reactive ketones (excluding diaryl/α,β-unsaturated/α-hetero) is 2. The summed E-state index contributed by atoms with van der Waals surface area (Å²) >= 11 is 0. The van der Waals surface area contributed by atoms with Gasteiger partial charge in [-0.3, -0.25) is 30.9 Å². The number of hydrogen-bond acceptors (Lipinski definition) is 8. The van der Waals surface area contributed by atoms with Gasteiger partial charge in [0.1, 0.15) is 6.04 Å². The second kappa shape index (κ2) is 11.2. The molecule has 23 heavy (non-hydrogen) atoms. The molecule has 0 aromatic heterocycles. The number of carbonyl (C=O) groups is 3. The summed E-state index contributed by atoms with van der Waals surface area (Å²) < 4.78 is 0. The molecule has 0 aliphatic heterocycles. The maximum absolute atomic E-state index is 12.0. The molecule has 0 amide bonds. The van der Waals surface area contributed by atoms with Gasteiger partial charge >= 0.3 is 5.97 Å². The highest BCUT2D eigenvalue weighted by Gasteiger charge is 2.23. The molecule has 0 aromatic rings. The van der Waals surface area contributed by atoms with Crippen LogP contribution in [-0.4, -0.2) is 59.1 Å². The topological polar surface area (TPSA) is 154 Å². The lowest BCUT2D eigenvalue weighted by atomic mass is 9.96. The third kappa shape index (κ3) is 8.72. The number of carboxylic acid groups (broad SMARTS) is 1. The number of nitrogens with one attached hydrogen (secondary N) is 3. The van der Waals surface area contributed by atoms with Crippen LogP contribution in [0.15, 0.2) is 0 Å². The number of hydrogen-bond donors (Lipinski definition) is 6. The summed E-state index contributed by atoms with van der Waals surface area (Å²) in [4.78, 5) is 34.7. The van der Waals surface area contributed by atoms with Crippen LogP contribution < -0.4 is 21.9 Å². The number of aliphatic hydroxyl groups excluding tert-OH is 1. The smallest absolute Gasteiger partial charge is 0.323 e. The molecule has 0 saturated heterocycles. The first-order chi connectivity index (χ1) is 10.7. The first-order valence-electron chi connectivity index (χ1n) is 7.54. The van der Waals surface area contributed by atoms with Crippen molar-refractivity contribution in [3.05, 3.63) is 0 Å². The minimum Gasteiger partial charge on any atom is -0.480 e. The Bertz CT molecular complexity index is 403. The van der Waals surface area contributed by atoms with Gasteiger partial charge in [-0.25, -0.2) is 5.43 Å². The molecule has 134 valence electrons. The largest absolute Gasteiger partial charge is 0.480 e. The Hall–Kier alpha value is -1.39. The Morgan fingerprint density at radius 2 is 1.65 bits per heavy atom. The minimum atomic E-state index is -1.19. The van der Waals surface area contributed by atoms with Crippen LogP contribution in [0.3, 0.4) is 0 Å². The van der Waals surface area contributed by atoms with Crippen LogP contribution in [0.25, 0.3) is 0 Å². The zero-order valence-corrected chi connectivity index (χ0v) is 13.8. The molecule has 0 saturated carbocycles. The van der Waals surface area contributed by atoms with Crippen molar-refractivity contribution in [1.82, 2.24) is 16.1 Å². The number of carbonyl (C=O) groups excluding carboxylic acids is 2. The second-order valence-corrected chi connectivity index (χ2v) is 5.84. The van der Waals surface area contributed by atoms with E-state index in [0.717, 1.165) is 0 Å². The van der Waals surface area contributed by atoms with Gasteiger partial charge in [-0.2, -0.15) is 0 Å². The van der Waals surface area contributed by atoms with Gasteiger partial charge in [-0.05, 0) is 19.3 Å². The molecule has 9 nitrogen and oxygen atoms in total. The van der Waals surface area contributed by atoms with Crippen molar-refractivity contribution in [1.29, 1.82) is 0 Å². The number of aliphatic carboxylic acids is 1. The van der Waals surface area contributed by atoms with E-state index in [9.17, 15) is 14.4 Å². The fourth-order valence-corrected chi connectivity index (χ4v) is 1.89. The Labute approximate surface area is 136 Å². The summed E-state index contributed by atoms with van der Waals surface area (Å²) in [6.07, 6.45) is 0.293. The molecule has 7 N–H and O–H groups in total. The van der Waals surface area contributed by atoms with Crippen molar-refractivity contribution in [2.24, 2.45) is 11.8 Å². The number of carboxylic acids is 1. The van der Waals surface area contributed by atoms with Crippen LogP contribution in [0.4, 0.5) is 0 Å². The standard InChI is InChI=1S/C14H28N4O5/c1-8(2)4-10(18-15)13(21)5-12(20)9(3)16-7-17-11(6-19)14(22)23/h8-11,16-19H,4-7,15H2,1-3H3,(H,22,23)/t9-,10-,11-/m0/s1. The summed E-state index contributed by atoms with van der Waals surface area (Å²) in [5.74, 6) is 3.84. The van der Waals surface area contributed by atoms with Crippen LogP contribution in [0.2, 0.25) is 0 Å². The van der Waals surface area contributed by atoms with E-state index in [0.29, 0.717) is 6.42 Å². The zero-order chi connectivity index (χ0) is 18.0. The van der Waals surface area contributed by atoms with Crippen molar-refractivity contribution < 1.29 is 24.6 Å². The molecule has 0 unspecified atom stereocenters. The lowest BCUT2D eigenvalue weighted by Gasteiger charge is -2.19. The van der Waals surface area contributed by atoms with E-state index in [1.807, 2.05) is 13.8 Å². The zero-order valence-electron chi connectivity index (χ0n) is 13.8. The average Bonchev–Trinajstić information content (AvgIpc) is 2.47. The highest BCUT2D eigenvalue weighted by Crippen LogP contribution is 2.07. The van der Waals surface area contributed by atoms with Crippen molar-refractivity contribution in [3.63, 3.8) is 0 Å². The lowest BCUT2D eigenvalue weighted by molar-refractivity contribution is -0.140. The van der Waals surface area contributed by atoms with E-state index in [1.54, 1.807) is 6.92 Å². The van der Waals surface area contributed by atoms with Crippen LogP contribution in [0, 0.1) is 5.92 Å². The highest BCUT2D eigenvalue weighted by atomic mass is 16.4. The third-order valence-corrected chi connectivity index (χ3v) is 3.37.